The molecule has 0 amide bonds. The van der Waals surface area contributed by atoms with Crippen LogP contribution >= 0.6 is 0 Å². The molecule has 1 aliphatic carbocycles. The Morgan fingerprint density at radius 3 is 2.55 bits per heavy atom. The van der Waals surface area contributed by atoms with Gasteiger partial charge in [0.25, 0.3) is 0 Å². The Hall–Kier alpha value is -2.47. The molecular weight excluding hydrogens is 360 g/mol. The first-order valence-corrected chi connectivity index (χ1v) is 10.6. The number of likely N-dealkylation sites (tertiary alicyclic amines) is 1. The molecule has 3 aromatic rings. The van der Waals surface area contributed by atoms with E-state index in [0.29, 0.717) is 11.5 Å². The molecule has 6 heteroatoms. The Labute approximate surface area is 172 Å². The Bertz CT molecular complexity index is 1000. The quantitative estimate of drug-likeness (QED) is 0.718. The fourth-order valence-electron chi connectivity index (χ4n) is 4.55. The molecule has 3 heterocycles. The predicted molar refractivity (Wildman–Crippen MR) is 117 cm³/mol. The minimum Gasteiger partial charge on any atom is -0.365 e. The highest BCUT2D eigenvalue weighted by Gasteiger charge is 2.55. The third-order valence-electron chi connectivity index (χ3n) is 6.34. The lowest BCUT2D eigenvalue weighted by Crippen LogP contribution is -2.30. The summed E-state index contributed by atoms with van der Waals surface area (Å²) in [5, 5.41) is 18.1. The van der Waals surface area contributed by atoms with Gasteiger partial charge in [-0.3, -0.25) is 4.68 Å². The van der Waals surface area contributed by atoms with E-state index < -0.39 is 0 Å². The van der Waals surface area contributed by atoms with Gasteiger partial charge < -0.3 is 10.2 Å². The maximum absolute atomic E-state index is 4.46. The van der Waals surface area contributed by atoms with Crippen molar-refractivity contribution in [2.75, 3.05) is 25.0 Å². The van der Waals surface area contributed by atoms with Crippen LogP contribution in [0.4, 0.5) is 5.82 Å². The van der Waals surface area contributed by atoms with Gasteiger partial charge >= 0.3 is 0 Å². The monoisotopic (exact) mass is 390 g/mol. The molecule has 1 saturated heterocycles. The molecule has 5 rings (SSSR count). The molecule has 1 saturated carbocycles. The molecule has 2 aliphatic rings. The van der Waals surface area contributed by atoms with Gasteiger partial charge in [-0.25, -0.2) is 0 Å². The van der Waals surface area contributed by atoms with Gasteiger partial charge in [0.1, 0.15) is 5.82 Å². The van der Waals surface area contributed by atoms with Crippen LogP contribution in [0.25, 0.3) is 22.2 Å². The minimum atomic E-state index is 0.420. The molecule has 0 radical (unpaired) electrons. The molecule has 1 unspecified atom stereocenters. The number of rotatable bonds is 5. The van der Waals surface area contributed by atoms with E-state index in [2.05, 4.69) is 70.5 Å². The fourth-order valence-corrected chi connectivity index (χ4v) is 4.55. The van der Waals surface area contributed by atoms with Crippen LogP contribution in [0.2, 0.25) is 0 Å². The Morgan fingerprint density at radius 2 is 1.86 bits per heavy atom. The van der Waals surface area contributed by atoms with Crippen LogP contribution in [-0.2, 0) is 7.05 Å². The van der Waals surface area contributed by atoms with Gasteiger partial charge in [-0.2, -0.15) is 5.10 Å². The summed E-state index contributed by atoms with van der Waals surface area (Å²) in [6, 6.07) is 10.9. The summed E-state index contributed by atoms with van der Waals surface area (Å²) in [4.78, 5) is 2.63. The van der Waals surface area contributed by atoms with Crippen LogP contribution in [0.3, 0.4) is 0 Å². The van der Waals surface area contributed by atoms with Crippen molar-refractivity contribution in [1.29, 1.82) is 0 Å². The van der Waals surface area contributed by atoms with Gasteiger partial charge in [0.15, 0.2) is 0 Å². The summed E-state index contributed by atoms with van der Waals surface area (Å²) in [6.45, 7) is 10.6. The number of benzene rings is 1. The normalized spacial score (nSPS) is 24.1. The van der Waals surface area contributed by atoms with Crippen LogP contribution in [0.1, 0.15) is 27.2 Å². The first-order chi connectivity index (χ1) is 13.9. The second kappa shape index (κ2) is 6.80. The lowest BCUT2D eigenvalue weighted by molar-refractivity contribution is 0.245. The highest BCUT2D eigenvalue weighted by Crippen LogP contribution is 2.47. The van der Waals surface area contributed by atoms with Crippen molar-refractivity contribution < 1.29 is 0 Å². The average molecular weight is 391 g/mol. The SMILES string of the molecule is Cn1cc2cc(-c3ccc(NC4[C@H]5CN(CCC(C)(C)C)C[C@@H]45)nn3)ccc2n1. The Balaban J connectivity index is 1.18. The molecule has 152 valence electrons. The maximum Gasteiger partial charge on any atom is 0.148 e. The van der Waals surface area contributed by atoms with Gasteiger partial charge in [-0.05, 0) is 54.5 Å². The van der Waals surface area contributed by atoms with E-state index in [1.54, 1.807) is 0 Å². The number of aromatic nitrogens is 4. The van der Waals surface area contributed by atoms with Crippen molar-refractivity contribution in [1.82, 2.24) is 24.9 Å². The number of hydrogen-bond acceptors (Lipinski definition) is 5. The highest BCUT2D eigenvalue weighted by atomic mass is 15.3. The van der Waals surface area contributed by atoms with E-state index in [4.69, 9.17) is 0 Å². The molecular formula is C23H30N6. The number of piperidine rings is 1. The largest absolute Gasteiger partial charge is 0.365 e. The summed E-state index contributed by atoms with van der Waals surface area (Å²) >= 11 is 0. The van der Waals surface area contributed by atoms with Crippen LogP contribution < -0.4 is 5.32 Å². The summed E-state index contributed by atoms with van der Waals surface area (Å²) in [5.74, 6) is 2.42. The van der Waals surface area contributed by atoms with Crippen molar-refractivity contribution >= 4 is 16.7 Å². The third-order valence-corrected chi connectivity index (χ3v) is 6.34. The number of nitrogens with one attached hydrogen (secondary N) is 1. The van der Waals surface area contributed by atoms with Crippen molar-refractivity contribution in [3.63, 3.8) is 0 Å². The van der Waals surface area contributed by atoms with Crippen LogP contribution in [-0.4, -0.2) is 50.6 Å². The third kappa shape index (κ3) is 3.86. The predicted octanol–water partition coefficient (Wildman–Crippen LogP) is 3.81. The zero-order valence-electron chi connectivity index (χ0n) is 17.8. The molecule has 2 fully saturated rings. The average Bonchev–Trinajstić information content (AvgIpc) is 3.02. The van der Waals surface area contributed by atoms with Gasteiger partial charge in [0, 0.05) is 43.3 Å². The van der Waals surface area contributed by atoms with Crippen molar-refractivity contribution in [2.24, 2.45) is 24.3 Å². The maximum atomic E-state index is 4.46. The molecule has 29 heavy (non-hydrogen) atoms. The van der Waals surface area contributed by atoms with Gasteiger partial charge in [0.05, 0.1) is 11.2 Å². The smallest absolute Gasteiger partial charge is 0.148 e. The first kappa shape index (κ1) is 18.6. The zero-order valence-corrected chi connectivity index (χ0v) is 17.8. The number of anilines is 1. The summed E-state index contributed by atoms with van der Waals surface area (Å²) in [5.41, 5.74) is 3.39. The van der Waals surface area contributed by atoms with E-state index in [1.807, 2.05) is 24.0 Å². The fraction of sp³-hybridized carbons (Fsp3) is 0.522. The van der Waals surface area contributed by atoms with Gasteiger partial charge in [-0.15, -0.1) is 10.2 Å². The molecule has 1 N–H and O–H groups in total. The Morgan fingerprint density at radius 1 is 1.07 bits per heavy atom. The van der Waals surface area contributed by atoms with E-state index in [0.717, 1.165) is 39.8 Å². The Kier molecular flexibility index (Phi) is 4.35. The molecule has 0 bridgehead atoms. The summed E-state index contributed by atoms with van der Waals surface area (Å²) in [7, 11) is 1.94. The highest BCUT2D eigenvalue weighted by molar-refractivity contribution is 5.83. The van der Waals surface area contributed by atoms with Crippen LogP contribution in [0.5, 0.6) is 0 Å². The van der Waals surface area contributed by atoms with E-state index in [-0.39, 0.29) is 0 Å². The molecule has 1 aromatic carbocycles. The molecule has 6 nitrogen and oxygen atoms in total. The first-order valence-electron chi connectivity index (χ1n) is 10.6. The number of fused-ring (bicyclic) bond motifs is 2. The van der Waals surface area contributed by atoms with Crippen LogP contribution in [0, 0.1) is 17.3 Å². The van der Waals surface area contributed by atoms with Gasteiger partial charge in [-0.1, -0.05) is 26.8 Å². The standard InChI is InChI=1S/C23H30N6/c1-23(2,3)9-10-29-13-17-18(14-29)22(17)24-21-8-7-19(25-26-21)15-5-6-20-16(11-15)12-28(4)27-20/h5-8,11-12,17-18,22H,9-10,13-14H2,1-4H3,(H,24,26)/t17-,18+,22?. The minimum absolute atomic E-state index is 0.420. The van der Waals surface area contributed by atoms with Crippen molar-refractivity contribution in [3.8, 4) is 11.3 Å². The van der Waals surface area contributed by atoms with Crippen molar-refractivity contribution in [3.05, 3.63) is 36.5 Å². The summed E-state index contributed by atoms with van der Waals surface area (Å²) in [6.07, 6.45) is 3.29. The van der Waals surface area contributed by atoms with Crippen molar-refractivity contribution in [2.45, 2.75) is 33.2 Å². The van der Waals surface area contributed by atoms with E-state index in [1.165, 1.54) is 26.1 Å². The zero-order chi connectivity index (χ0) is 20.2. The molecule has 1 aliphatic heterocycles. The van der Waals surface area contributed by atoms with Gasteiger partial charge in [0.2, 0.25) is 0 Å². The number of nitrogens with zero attached hydrogens (tertiary/aromatic N) is 5. The van der Waals surface area contributed by atoms with E-state index >= 15 is 0 Å². The summed E-state index contributed by atoms with van der Waals surface area (Å²) < 4.78 is 1.84. The number of hydrogen-bond donors (Lipinski definition) is 1. The molecule has 3 atom stereocenters. The second-order valence-electron chi connectivity index (χ2n) is 9.95. The second-order valence-corrected chi connectivity index (χ2v) is 9.95. The van der Waals surface area contributed by atoms with E-state index in [9.17, 15) is 0 Å². The van der Waals surface area contributed by atoms with Crippen LogP contribution in [0.15, 0.2) is 36.5 Å². The lowest BCUT2D eigenvalue weighted by atomic mass is 9.92. The lowest BCUT2D eigenvalue weighted by Gasteiger charge is -2.25. The molecule has 0 spiro atoms. The topological polar surface area (TPSA) is 58.9 Å². The molecule has 2 aromatic heterocycles. The number of aryl methyl sites for hydroxylation is 1.